The van der Waals surface area contributed by atoms with Crippen LogP contribution in [-0.4, -0.2) is 44.5 Å². The minimum atomic E-state index is -4.03. The van der Waals surface area contributed by atoms with Crippen molar-refractivity contribution in [2.24, 2.45) is 0 Å². The van der Waals surface area contributed by atoms with E-state index in [9.17, 15) is 18.5 Å². The van der Waals surface area contributed by atoms with E-state index in [-0.39, 0.29) is 12.3 Å². The maximum Gasteiger partial charge on any atom is 0.289 e. The molecule has 1 atom stereocenters. The summed E-state index contributed by atoms with van der Waals surface area (Å²) in [6, 6.07) is 2.99. The lowest BCUT2D eigenvalue weighted by molar-refractivity contribution is -0.387. The average molecular weight is 303 g/mol. The van der Waals surface area contributed by atoms with Crippen LogP contribution in [0.4, 0.5) is 11.4 Å². The van der Waals surface area contributed by atoms with Crippen LogP contribution in [-0.2, 0) is 14.8 Å². The minimum Gasteiger partial charge on any atom is -0.399 e. The first-order valence-corrected chi connectivity index (χ1v) is 7.16. The smallest absolute Gasteiger partial charge is 0.289 e. The van der Waals surface area contributed by atoms with Gasteiger partial charge in [0.2, 0.25) is 10.0 Å². The first-order valence-electron chi connectivity index (χ1n) is 5.72. The minimum absolute atomic E-state index is 0.141. The lowest BCUT2D eigenvalue weighted by Crippen LogP contribution is -2.38. The van der Waals surface area contributed by atoms with E-state index in [4.69, 9.17) is 10.5 Å². The fraction of sp³-hybridized carbons (Fsp3) is 0.455. The van der Waals surface area contributed by atoms with Gasteiger partial charge in [-0.15, -0.1) is 0 Å². The molecular formula is C11H17N3O5S. The SMILES string of the molecule is COCC(C)N(C)S(=O)(=O)c1cc(N)ccc1[N+](=O)[O-]. The van der Waals surface area contributed by atoms with Gasteiger partial charge in [0.15, 0.2) is 4.90 Å². The van der Waals surface area contributed by atoms with Crippen LogP contribution in [0.3, 0.4) is 0 Å². The summed E-state index contributed by atoms with van der Waals surface area (Å²) < 4.78 is 30.8. The highest BCUT2D eigenvalue weighted by molar-refractivity contribution is 7.89. The normalized spacial score (nSPS) is 13.4. The van der Waals surface area contributed by atoms with E-state index in [0.717, 1.165) is 16.4 Å². The van der Waals surface area contributed by atoms with Crippen molar-refractivity contribution in [1.29, 1.82) is 0 Å². The molecule has 0 aliphatic heterocycles. The van der Waals surface area contributed by atoms with Gasteiger partial charge in [0.05, 0.1) is 11.5 Å². The van der Waals surface area contributed by atoms with Crippen molar-refractivity contribution >= 4 is 21.4 Å². The standard InChI is InChI=1S/C11H17N3O5S/c1-8(7-19-3)13(2)20(17,18)11-6-9(12)4-5-10(11)14(15)16/h4-6,8H,7,12H2,1-3H3. The second kappa shape index (κ2) is 6.16. The number of sulfonamides is 1. The largest absolute Gasteiger partial charge is 0.399 e. The van der Waals surface area contributed by atoms with Crippen molar-refractivity contribution in [2.75, 3.05) is 26.5 Å². The highest BCUT2D eigenvalue weighted by Crippen LogP contribution is 2.28. The first kappa shape index (κ1) is 16.3. The quantitative estimate of drug-likeness (QED) is 0.473. The van der Waals surface area contributed by atoms with E-state index in [1.165, 1.54) is 20.2 Å². The van der Waals surface area contributed by atoms with Crippen LogP contribution in [0, 0.1) is 10.1 Å². The highest BCUT2D eigenvalue weighted by atomic mass is 32.2. The van der Waals surface area contributed by atoms with Crippen molar-refractivity contribution < 1.29 is 18.1 Å². The van der Waals surface area contributed by atoms with E-state index in [1.807, 2.05) is 0 Å². The van der Waals surface area contributed by atoms with Crippen molar-refractivity contribution in [2.45, 2.75) is 17.9 Å². The Morgan fingerprint density at radius 3 is 2.60 bits per heavy atom. The third kappa shape index (κ3) is 3.24. The van der Waals surface area contributed by atoms with E-state index >= 15 is 0 Å². The van der Waals surface area contributed by atoms with E-state index < -0.39 is 31.6 Å². The number of nitrogens with two attached hydrogens (primary N) is 1. The molecule has 0 saturated heterocycles. The summed E-state index contributed by atoms with van der Waals surface area (Å²) in [7, 11) is -1.24. The molecule has 0 fully saturated rings. The van der Waals surface area contributed by atoms with Crippen molar-refractivity contribution in [3.63, 3.8) is 0 Å². The van der Waals surface area contributed by atoms with Gasteiger partial charge in [0, 0.05) is 32.0 Å². The second-order valence-electron chi connectivity index (χ2n) is 4.31. The third-order valence-electron chi connectivity index (χ3n) is 2.87. The van der Waals surface area contributed by atoms with Gasteiger partial charge in [-0.05, 0) is 19.1 Å². The first-order chi connectivity index (χ1) is 9.21. The van der Waals surface area contributed by atoms with Crippen LogP contribution >= 0.6 is 0 Å². The van der Waals surface area contributed by atoms with Gasteiger partial charge < -0.3 is 10.5 Å². The van der Waals surface area contributed by atoms with Crippen LogP contribution in [0.2, 0.25) is 0 Å². The number of hydrogen-bond donors (Lipinski definition) is 1. The molecule has 0 aliphatic rings. The van der Waals surface area contributed by atoms with Gasteiger partial charge in [0.25, 0.3) is 5.69 Å². The summed E-state index contributed by atoms with van der Waals surface area (Å²) >= 11 is 0. The van der Waals surface area contributed by atoms with E-state index in [2.05, 4.69) is 0 Å². The van der Waals surface area contributed by atoms with E-state index in [1.54, 1.807) is 6.92 Å². The Labute approximate surface area is 117 Å². The molecular weight excluding hydrogens is 286 g/mol. The molecule has 0 heterocycles. The summed E-state index contributed by atoms with van der Waals surface area (Å²) in [4.78, 5) is 9.78. The fourth-order valence-electron chi connectivity index (χ4n) is 1.63. The molecule has 0 aromatic heterocycles. The average Bonchev–Trinajstić information content (AvgIpc) is 2.37. The van der Waals surface area contributed by atoms with Crippen LogP contribution in [0.15, 0.2) is 23.1 Å². The third-order valence-corrected chi connectivity index (χ3v) is 4.87. The topological polar surface area (TPSA) is 116 Å². The Morgan fingerprint density at radius 2 is 2.10 bits per heavy atom. The maximum absolute atomic E-state index is 12.4. The van der Waals surface area contributed by atoms with Crippen LogP contribution in [0.25, 0.3) is 0 Å². The molecule has 0 amide bonds. The number of rotatable bonds is 6. The van der Waals surface area contributed by atoms with Crippen molar-refractivity contribution in [3.8, 4) is 0 Å². The predicted molar refractivity (Wildman–Crippen MR) is 73.8 cm³/mol. The molecule has 2 N–H and O–H groups in total. The molecule has 0 bridgehead atoms. The van der Waals surface area contributed by atoms with Gasteiger partial charge in [-0.25, -0.2) is 8.42 Å². The lowest BCUT2D eigenvalue weighted by Gasteiger charge is -2.23. The molecule has 0 radical (unpaired) electrons. The summed E-state index contributed by atoms with van der Waals surface area (Å²) in [5, 5.41) is 11.0. The molecule has 1 aromatic carbocycles. The number of hydrogen-bond acceptors (Lipinski definition) is 6. The molecule has 1 unspecified atom stereocenters. The van der Waals surface area contributed by atoms with Gasteiger partial charge in [-0.3, -0.25) is 10.1 Å². The highest BCUT2D eigenvalue weighted by Gasteiger charge is 2.32. The number of ether oxygens (including phenoxy) is 1. The number of benzene rings is 1. The molecule has 1 aromatic rings. The number of nitro benzene ring substituents is 1. The Kier molecular flexibility index (Phi) is 5.03. The summed E-state index contributed by atoms with van der Waals surface area (Å²) in [6.45, 7) is 1.81. The van der Waals surface area contributed by atoms with Gasteiger partial charge in [-0.2, -0.15) is 4.31 Å². The Bertz CT molecular complexity index is 602. The number of nitrogen functional groups attached to an aromatic ring is 1. The molecule has 8 nitrogen and oxygen atoms in total. The molecule has 9 heteroatoms. The van der Waals surface area contributed by atoms with Crippen molar-refractivity contribution in [3.05, 3.63) is 28.3 Å². The molecule has 112 valence electrons. The van der Waals surface area contributed by atoms with Crippen LogP contribution in [0.1, 0.15) is 6.92 Å². The Balaban J connectivity index is 3.34. The molecule has 0 spiro atoms. The van der Waals surface area contributed by atoms with Gasteiger partial charge >= 0.3 is 0 Å². The number of likely N-dealkylation sites (N-methyl/N-ethyl adjacent to an activating group) is 1. The Morgan fingerprint density at radius 1 is 1.50 bits per heavy atom. The summed E-state index contributed by atoms with van der Waals surface area (Å²) in [5.74, 6) is 0. The molecule has 20 heavy (non-hydrogen) atoms. The summed E-state index contributed by atoms with van der Waals surface area (Å²) in [6.07, 6.45) is 0. The monoisotopic (exact) mass is 303 g/mol. The predicted octanol–water partition coefficient (Wildman–Crippen LogP) is 0.832. The second-order valence-corrected chi connectivity index (χ2v) is 6.28. The van der Waals surface area contributed by atoms with Gasteiger partial charge in [-0.1, -0.05) is 0 Å². The molecule has 1 rings (SSSR count). The van der Waals surface area contributed by atoms with Gasteiger partial charge in [0.1, 0.15) is 0 Å². The zero-order valence-electron chi connectivity index (χ0n) is 11.4. The fourth-order valence-corrected chi connectivity index (χ4v) is 3.16. The lowest BCUT2D eigenvalue weighted by atomic mass is 10.3. The number of anilines is 1. The zero-order valence-corrected chi connectivity index (χ0v) is 12.3. The van der Waals surface area contributed by atoms with Crippen LogP contribution < -0.4 is 5.73 Å². The van der Waals surface area contributed by atoms with E-state index in [0.29, 0.717) is 0 Å². The number of nitro groups is 1. The maximum atomic E-state index is 12.4. The van der Waals surface area contributed by atoms with Crippen LogP contribution in [0.5, 0.6) is 0 Å². The number of methoxy groups -OCH3 is 1. The zero-order chi connectivity index (χ0) is 15.5. The van der Waals surface area contributed by atoms with Crippen molar-refractivity contribution in [1.82, 2.24) is 4.31 Å². The molecule has 0 aliphatic carbocycles. The number of nitrogens with zero attached hydrogens (tertiary/aromatic N) is 2. The molecule has 0 saturated carbocycles. The Hall–Kier alpha value is -1.71. The summed E-state index contributed by atoms with van der Waals surface area (Å²) in [5.41, 5.74) is 5.17.